The van der Waals surface area contributed by atoms with Gasteiger partial charge < -0.3 is 0 Å². The average Bonchev–Trinajstić information content (AvgIpc) is 2.09. The second-order valence-corrected chi connectivity index (χ2v) is 4.18. The number of aryl methyl sites for hydroxylation is 1. The first-order valence-electron chi connectivity index (χ1n) is 3.56. The minimum Gasteiger partial charge on any atom is -0.251 e. The van der Waals surface area contributed by atoms with Gasteiger partial charge >= 0.3 is 0 Å². The fraction of sp³-hybridized carbons (Fsp3) is 0.375. The lowest BCUT2D eigenvalue weighted by Gasteiger charge is -2.07. The van der Waals surface area contributed by atoms with Gasteiger partial charge in [-0.1, -0.05) is 15.9 Å². The van der Waals surface area contributed by atoms with E-state index in [-0.39, 0.29) is 5.69 Å². The summed E-state index contributed by atoms with van der Waals surface area (Å²) in [5.74, 6) is 0. The van der Waals surface area contributed by atoms with E-state index in [2.05, 4.69) is 43.5 Å². The number of pyridine rings is 1. The summed E-state index contributed by atoms with van der Waals surface area (Å²) in [5, 5.41) is 0.578. The molecule has 0 unspecified atom stereocenters. The van der Waals surface area contributed by atoms with Gasteiger partial charge in [-0.3, -0.25) is 4.98 Å². The first-order chi connectivity index (χ1) is 6.06. The van der Waals surface area contributed by atoms with Crippen LogP contribution in [0.2, 0.25) is 0 Å². The maximum Gasteiger partial charge on any atom is 0.280 e. The molecular weight excluding hydrogens is 355 g/mol. The van der Waals surface area contributed by atoms with Crippen molar-refractivity contribution in [3.63, 3.8) is 0 Å². The van der Waals surface area contributed by atoms with Gasteiger partial charge in [0.2, 0.25) is 0 Å². The molecule has 72 valence electrons. The number of alkyl halides is 3. The lowest BCUT2D eigenvalue weighted by molar-refractivity contribution is 0.145. The molecule has 1 nitrogen and oxygen atoms in total. The van der Waals surface area contributed by atoms with E-state index in [4.69, 9.17) is 0 Å². The van der Waals surface area contributed by atoms with E-state index in [1.807, 2.05) is 0 Å². The smallest absolute Gasteiger partial charge is 0.251 e. The van der Waals surface area contributed by atoms with Gasteiger partial charge in [0.1, 0.15) is 5.69 Å². The molecule has 0 saturated carbocycles. The molecule has 0 N–H and O–H groups in total. The van der Waals surface area contributed by atoms with Gasteiger partial charge in [0.25, 0.3) is 6.43 Å². The van der Waals surface area contributed by atoms with E-state index >= 15 is 0 Å². The molecule has 0 atom stereocenters. The Bertz CT molecular complexity index is 317. The highest BCUT2D eigenvalue weighted by atomic mass is 127. The van der Waals surface area contributed by atoms with Gasteiger partial charge in [0, 0.05) is 8.90 Å². The summed E-state index contributed by atoms with van der Waals surface area (Å²) >= 11 is 5.36. The van der Waals surface area contributed by atoms with E-state index in [1.54, 1.807) is 6.92 Å². The third-order valence-corrected chi connectivity index (χ3v) is 3.66. The minimum atomic E-state index is -2.49. The quantitative estimate of drug-likeness (QED) is 0.576. The van der Waals surface area contributed by atoms with Gasteiger partial charge in [-0.15, -0.1) is 0 Å². The molecule has 1 aromatic rings. The molecule has 0 aliphatic carbocycles. The van der Waals surface area contributed by atoms with E-state index in [9.17, 15) is 8.78 Å². The van der Waals surface area contributed by atoms with Gasteiger partial charge in [-0.25, -0.2) is 8.78 Å². The summed E-state index contributed by atoms with van der Waals surface area (Å²) in [6, 6.07) is 1.44. The SMILES string of the molecule is Cc1nc(C(F)F)cc(CBr)c1I. The topological polar surface area (TPSA) is 12.9 Å². The van der Waals surface area contributed by atoms with Crippen LogP contribution in [0.1, 0.15) is 23.4 Å². The third kappa shape index (κ3) is 2.59. The number of rotatable bonds is 2. The minimum absolute atomic E-state index is 0.146. The van der Waals surface area contributed by atoms with Crippen LogP contribution in [0, 0.1) is 10.5 Å². The maximum absolute atomic E-state index is 12.3. The lowest BCUT2D eigenvalue weighted by atomic mass is 10.2. The molecule has 0 saturated heterocycles. The van der Waals surface area contributed by atoms with Crippen molar-refractivity contribution in [1.82, 2.24) is 4.98 Å². The van der Waals surface area contributed by atoms with Crippen molar-refractivity contribution in [2.75, 3.05) is 0 Å². The van der Waals surface area contributed by atoms with Crippen LogP contribution in [-0.4, -0.2) is 4.98 Å². The Hall–Kier alpha value is 0.220. The van der Waals surface area contributed by atoms with Crippen molar-refractivity contribution in [2.45, 2.75) is 18.7 Å². The zero-order chi connectivity index (χ0) is 10.0. The Kier molecular flexibility index (Phi) is 4.03. The Morgan fingerprint density at radius 1 is 1.62 bits per heavy atom. The molecule has 1 rings (SSSR count). The molecule has 0 amide bonds. The monoisotopic (exact) mass is 361 g/mol. The molecule has 13 heavy (non-hydrogen) atoms. The first kappa shape index (κ1) is 11.3. The summed E-state index contributed by atoms with van der Waals surface area (Å²) in [5.41, 5.74) is 1.38. The molecule has 1 heterocycles. The third-order valence-electron chi connectivity index (χ3n) is 1.59. The first-order valence-corrected chi connectivity index (χ1v) is 5.76. The second-order valence-electron chi connectivity index (χ2n) is 2.54. The fourth-order valence-electron chi connectivity index (χ4n) is 0.958. The molecule has 0 radical (unpaired) electrons. The van der Waals surface area contributed by atoms with Crippen LogP contribution in [0.15, 0.2) is 6.07 Å². The summed E-state index contributed by atoms with van der Waals surface area (Å²) in [6.07, 6.45) is -2.49. The highest BCUT2D eigenvalue weighted by molar-refractivity contribution is 14.1. The predicted octanol–water partition coefficient (Wildman–Crippen LogP) is 3.83. The molecule has 1 aromatic heterocycles. The molecule has 0 aliphatic rings. The molecule has 0 aliphatic heterocycles. The van der Waals surface area contributed by atoms with Crippen LogP contribution in [0.4, 0.5) is 8.78 Å². The highest BCUT2D eigenvalue weighted by Gasteiger charge is 2.13. The van der Waals surface area contributed by atoms with E-state index in [0.29, 0.717) is 11.0 Å². The summed E-state index contributed by atoms with van der Waals surface area (Å²) < 4.78 is 25.6. The molecule has 0 aromatic carbocycles. The van der Waals surface area contributed by atoms with E-state index < -0.39 is 6.43 Å². The van der Waals surface area contributed by atoms with Crippen LogP contribution < -0.4 is 0 Å². The number of aromatic nitrogens is 1. The number of nitrogens with zero attached hydrogens (tertiary/aromatic N) is 1. The lowest BCUT2D eigenvalue weighted by Crippen LogP contribution is -1.99. The average molecular weight is 362 g/mol. The van der Waals surface area contributed by atoms with Gasteiger partial charge in [-0.2, -0.15) is 0 Å². The number of hydrogen-bond donors (Lipinski definition) is 0. The summed E-state index contributed by atoms with van der Waals surface area (Å²) in [4.78, 5) is 3.80. The standard InChI is InChI=1S/C8H7BrF2IN/c1-4-7(12)5(3-9)2-6(13-4)8(10)11/h2,8H,3H2,1H3. The van der Waals surface area contributed by atoms with E-state index in [1.165, 1.54) is 6.07 Å². The van der Waals surface area contributed by atoms with Crippen molar-refractivity contribution in [2.24, 2.45) is 0 Å². The van der Waals surface area contributed by atoms with Crippen LogP contribution in [0.3, 0.4) is 0 Å². The van der Waals surface area contributed by atoms with E-state index in [0.717, 1.165) is 9.13 Å². The van der Waals surface area contributed by atoms with Crippen molar-refractivity contribution in [3.8, 4) is 0 Å². The van der Waals surface area contributed by atoms with Crippen LogP contribution in [0.25, 0.3) is 0 Å². The molecule has 0 spiro atoms. The molecule has 0 fully saturated rings. The number of halogens is 4. The Morgan fingerprint density at radius 3 is 2.69 bits per heavy atom. The summed E-state index contributed by atoms with van der Waals surface area (Å²) in [7, 11) is 0. The fourth-order valence-corrected chi connectivity index (χ4v) is 2.39. The van der Waals surface area contributed by atoms with Crippen molar-refractivity contribution in [1.29, 1.82) is 0 Å². The predicted molar refractivity (Wildman–Crippen MR) is 59.3 cm³/mol. The van der Waals surface area contributed by atoms with Gasteiger partial charge in [0.15, 0.2) is 0 Å². The highest BCUT2D eigenvalue weighted by Crippen LogP contribution is 2.24. The second kappa shape index (κ2) is 4.63. The van der Waals surface area contributed by atoms with Crippen LogP contribution in [0.5, 0.6) is 0 Å². The van der Waals surface area contributed by atoms with Crippen LogP contribution in [-0.2, 0) is 5.33 Å². The largest absolute Gasteiger partial charge is 0.280 e. The Balaban J connectivity index is 3.22. The molecule has 5 heteroatoms. The maximum atomic E-state index is 12.3. The molecule has 0 bridgehead atoms. The van der Waals surface area contributed by atoms with Crippen molar-refractivity contribution >= 4 is 38.5 Å². The zero-order valence-electron chi connectivity index (χ0n) is 6.82. The Morgan fingerprint density at radius 2 is 2.23 bits per heavy atom. The number of hydrogen-bond acceptors (Lipinski definition) is 1. The van der Waals surface area contributed by atoms with Crippen LogP contribution >= 0.6 is 38.5 Å². The van der Waals surface area contributed by atoms with Gasteiger partial charge in [-0.05, 0) is 41.1 Å². The summed E-state index contributed by atoms with van der Waals surface area (Å²) in [6.45, 7) is 1.74. The van der Waals surface area contributed by atoms with Crippen molar-refractivity contribution < 1.29 is 8.78 Å². The van der Waals surface area contributed by atoms with Crippen molar-refractivity contribution in [3.05, 3.63) is 26.6 Å². The Labute approximate surface area is 97.2 Å². The zero-order valence-corrected chi connectivity index (χ0v) is 10.6. The van der Waals surface area contributed by atoms with Gasteiger partial charge in [0.05, 0.1) is 5.69 Å². The molecular formula is C8H7BrF2IN. The normalized spacial score (nSPS) is 10.9.